The largest absolute Gasteiger partial charge is 0.496 e. The standard InChI is InChI=1S/C16H20N2O3.ClH/c1-11-6-12(4-5-15(11)20-3)9-18(2)16(19)13-7-14(8-17)21-10-13;/h4-7,10H,8-9,17H2,1-3H3;1H. The van der Waals surface area contributed by atoms with Crippen LogP contribution in [0.5, 0.6) is 5.75 Å². The molecule has 0 aliphatic rings. The molecule has 1 heterocycles. The van der Waals surface area contributed by atoms with Crippen LogP contribution in [0, 0.1) is 6.92 Å². The number of hydrogen-bond donors (Lipinski definition) is 1. The van der Waals surface area contributed by atoms with E-state index in [9.17, 15) is 4.79 Å². The van der Waals surface area contributed by atoms with Crippen LogP contribution in [0.25, 0.3) is 0 Å². The van der Waals surface area contributed by atoms with Gasteiger partial charge in [-0.1, -0.05) is 12.1 Å². The van der Waals surface area contributed by atoms with Crippen LogP contribution in [0.4, 0.5) is 0 Å². The second-order valence-corrected chi connectivity index (χ2v) is 4.97. The molecule has 0 bridgehead atoms. The Bertz CT molecular complexity index is 640. The number of nitrogens with zero attached hydrogens (tertiary/aromatic N) is 1. The van der Waals surface area contributed by atoms with Crippen molar-refractivity contribution >= 4 is 18.3 Å². The Kier molecular flexibility index (Phi) is 6.46. The van der Waals surface area contributed by atoms with Crippen molar-refractivity contribution in [1.29, 1.82) is 0 Å². The first kappa shape index (κ1) is 18.1. The first-order chi connectivity index (χ1) is 10.0. The third-order valence-electron chi connectivity index (χ3n) is 3.33. The van der Waals surface area contributed by atoms with Gasteiger partial charge in [0.05, 0.1) is 19.2 Å². The fourth-order valence-electron chi connectivity index (χ4n) is 2.20. The minimum atomic E-state index is -0.0908. The first-order valence-electron chi connectivity index (χ1n) is 6.71. The molecule has 0 aliphatic carbocycles. The molecular weight excluding hydrogens is 304 g/mol. The number of hydrogen-bond acceptors (Lipinski definition) is 4. The van der Waals surface area contributed by atoms with Gasteiger partial charge in [0, 0.05) is 13.6 Å². The maximum atomic E-state index is 12.3. The zero-order chi connectivity index (χ0) is 15.4. The van der Waals surface area contributed by atoms with E-state index in [4.69, 9.17) is 14.9 Å². The zero-order valence-electron chi connectivity index (χ0n) is 13.0. The van der Waals surface area contributed by atoms with E-state index in [1.807, 2.05) is 25.1 Å². The fraction of sp³-hybridized carbons (Fsp3) is 0.312. The van der Waals surface area contributed by atoms with E-state index in [0.717, 1.165) is 16.9 Å². The lowest BCUT2D eigenvalue weighted by Crippen LogP contribution is -2.25. The second kappa shape index (κ2) is 7.87. The molecule has 0 aliphatic heterocycles. The van der Waals surface area contributed by atoms with Crippen LogP contribution < -0.4 is 10.5 Å². The lowest BCUT2D eigenvalue weighted by atomic mass is 10.1. The van der Waals surface area contributed by atoms with Crippen LogP contribution in [0.1, 0.15) is 27.2 Å². The molecular formula is C16H21ClN2O3. The number of amides is 1. The average molecular weight is 325 g/mol. The van der Waals surface area contributed by atoms with Gasteiger partial charge in [-0.2, -0.15) is 0 Å². The minimum Gasteiger partial charge on any atom is -0.496 e. The van der Waals surface area contributed by atoms with E-state index in [1.165, 1.54) is 6.26 Å². The number of rotatable bonds is 5. The lowest BCUT2D eigenvalue weighted by molar-refractivity contribution is 0.0784. The van der Waals surface area contributed by atoms with Crippen LogP contribution in [0.3, 0.4) is 0 Å². The third kappa shape index (κ3) is 4.02. The molecule has 0 saturated carbocycles. The minimum absolute atomic E-state index is 0. The van der Waals surface area contributed by atoms with Crippen LogP contribution in [0.2, 0.25) is 0 Å². The van der Waals surface area contributed by atoms with Gasteiger partial charge in [0.1, 0.15) is 17.8 Å². The highest BCUT2D eigenvalue weighted by atomic mass is 35.5. The Balaban J connectivity index is 0.00000242. The average Bonchev–Trinajstić information content (AvgIpc) is 2.95. The fourth-order valence-corrected chi connectivity index (χ4v) is 2.20. The normalized spacial score (nSPS) is 10.0. The predicted molar refractivity (Wildman–Crippen MR) is 87.4 cm³/mol. The molecule has 0 saturated heterocycles. The molecule has 120 valence electrons. The second-order valence-electron chi connectivity index (χ2n) is 4.97. The molecule has 2 N–H and O–H groups in total. The summed E-state index contributed by atoms with van der Waals surface area (Å²) in [6, 6.07) is 7.56. The Morgan fingerprint density at radius 2 is 2.09 bits per heavy atom. The van der Waals surface area contributed by atoms with Crippen LogP contribution in [-0.2, 0) is 13.1 Å². The molecule has 1 aromatic carbocycles. The van der Waals surface area contributed by atoms with Crippen molar-refractivity contribution in [2.75, 3.05) is 14.2 Å². The van der Waals surface area contributed by atoms with E-state index in [2.05, 4.69) is 0 Å². The van der Waals surface area contributed by atoms with Crippen molar-refractivity contribution in [3.05, 3.63) is 53.0 Å². The van der Waals surface area contributed by atoms with E-state index in [1.54, 1.807) is 25.1 Å². The highest BCUT2D eigenvalue weighted by Gasteiger charge is 2.15. The quantitative estimate of drug-likeness (QED) is 0.918. The van der Waals surface area contributed by atoms with Gasteiger partial charge in [-0.05, 0) is 30.2 Å². The summed E-state index contributed by atoms with van der Waals surface area (Å²) < 4.78 is 10.4. The Labute approximate surface area is 136 Å². The number of aryl methyl sites for hydroxylation is 1. The maximum absolute atomic E-state index is 12.3. The van der Waals surface area contributed by atoms with E-state index >= 15 is 0 Å². The molecule has 2 aromatic rings. The molecule has 0 atom stereocenters. The number of carbonyl (C=O) groups excluding carboxylic acids is 1. The molecule has 0 unspecified atom stereocenters. The van der Waals surface area contributed by atoms with Crippen LogP contribution >= 0.6 is 12.4 Å². The predicted octanol–water partition coefficient (Wildman–Crippen LogP) is 2.75. The van der Waals surface area contributed by atoms with E-state index in [0.29, 0.717) is 17.9 Å². The number of nitrogens with two attached hydrogens (primary N) is 1. The zero-order valence-corrected chi connectivity index (χ0v) is 13.8. The lowest BCUT2D eigenvalue weighted by Gasteiger charge is -2.17. The summed E-state index contributed by atoms with van der Waals surface area (Å²) in [5, 5.41) is 0. The number of ether oxygens (including phenoxy) is 1. The monoisotopic (exact) mass is 324 g/mol. The van der Waals surface area contributed by atoms with Gasteiger partial charge in [0.15, 0.2) is 0 Å². The molecule has 5 nitrogen and oxygen atoms in total. The summed E-state index contributed by atoms with van der Waals surface area (Å²) in [5.41, 5.74) is 8.09. The van der Waals surface area contributed by atoms with Crippen molar-refractivity contribution in [3.63, 3.8) is 0 Å². The maximum Gasteiger partial charge on any atom is 0.257 e. The summed E-state index contributed by atoms with van der Waals surface area (Å²) in [7, 11) is 3.41. The smallest absolute Gasteiger partial charge is 0.257 e. The summed E-state index contributed by atoms with van der Waals surface area (Å²) >= 11 is 0. The van der Waals surface area contributed by atoms with E-state index in [-0.39, 0.29) is 24.9 Å². The van der Waals surface area contributed by atoms with Gasteiger partial charge in [-0.15, -0.1) is 12.4 Å². The van der Waals surface area contributed by atoms with Gasteiger partial charge in [0.25, 0.3) is 5.91 Å². The molecule has 1 aromatic heterocycles. The van der Waals surface area contributed by atoms with Gasteiger partial charge in [-0.25, -0.2) is 0 Å². The molecule has 0 fully saturated rings. The molecule has 0 spiro atoms. The molecule has 6 heteroatoms. The van der Waals surface area contributed by atoms with Crippen molar-refractivity contribution in [1.82, 2.24) is 4.90 Å². The van der Waals surface area contributed by atoms with Crippen molar-refractivity contribution in [3.8, 4) is 5.75 Å². The molecule has 22 heavy (non-hydrogen) atoms. The highest BCUT2D eigenvalue weighted by molar-refractivity contribution is 5.93. The van der Waals surface area contributed by atoms with E-state index < -0.39 is 0 Å². The van der Waals surface area contributed by atoms with Gasteiger partial charge in [-0.3, -0.25) is 4.79 Å². The Morgan fingerprint density at radius 3 is 2.64 bits per heavy atom. The van der Waals surface area contributed by atoms with Crippen LogP contribution in [0.15, 0.2) is 34.9 Å². The van der Waals surface area contributed by atoms with Gasteiger partial charge >= 0.3 is 0 Å². The van der Waals surface area contributed by atoms with Gasteiger partial charge in [0.2, 0.25) is 0 Å². The van der Waals surface area contributed by atoms with Gasteiger partial charge < -0.3 is 19.8 Å². The van der Waals surface area contributed by atoms with Crippen molar-refractivity contribution in [2.45, 2.75) is 20.0 Å². The van der Waals surface area contributed by atoms with Crippen molar-refractivity contribution in [2.24, 2.45) is 5.73 Å². The van der Waals surface area contributed by atoms with Crippen molar-refractivity contribution < 1.29 is 13.9 Å². The number of methoxy groups -OCH3 is 1. The number of carbonyl (C=O) groups is 1. The first-order valence-corrected chi connectivity index (χ1v) is 6.71. The molecule has 1 amide bonds. The highest BCUT2D eigenvalue weighted by Crippen LogP contribution is 2.20. The summed E-state index contributed by atoms with van der Waals surface area (Å²) in [6.45, 7) is 2.79. The summed E-state index contributed by atoms with van der Waals surface area (Å²) in [5.74, 6) is 1.36. The topological polar surface area (TPSA) is 68.7 Å². The number of halogens is 1. The SMILES string of the molecule is COc1ccc(CN(C)C(=O)c2coc(CN)c2)cc1C.Cl. The third-order valence-corrected chi connectivity index (χ3v) is 3.33. The Morgan fingerprint density at radius 1 is 1.36 bits per heavy atom. The molecule has 0 radical (unpaired) electrons. The molecule has 2 rings (SSSR count). The summed E-state index contributed by atoms with van der Waals surface area (Å²) in [4.78, 5) is 13.9. The van der Waals surface area contributed by atoms with Crippen LogP contribution in [-0.4, -0.2) is 25.0 Å². The number of benzene rings is 1. The summed E-state index contributed by atoms with van der Waals surface area (Å²) in [6.07, 6.45) is 1.44. The number of furan rings is 1. The Hall–Kier alpha value is -1.98.